The highest BCUT2D eigenvalue weighted by atomic mass is 79.9. The zero-order valence-electron chi connectivity index (χ0n) is 13.8. The largest absolute Gasteiger partial charge is 0.419 e. The molecule has 0 aliphatic carbocycles. The molecule has 0 bridgehead atoms. The third kappa shape index (κ3) is 4.48. The molecule has 0 atom stereocenters. The van der Waals surface area contributed by atoms with Crippen LogP contribution in [-0.2, 0) is 12.4 Å². The molecule has 3 rings (SSSR count). The van der Waals surface area contributed by atoms with Crippen molar-refractivity contribution in [1.29, 1.82) is 0 Å². The van der Waals surface area contributed by atoms with Gasteiger partial charge in [-0.05, 0) is 24.3 Å². The van der Waals surface area contributed by atoms with Crippen molar-refractivity contribution in [1.82, 2.24) is 4.98 Å². The topological polar surface area (TPSA) is 19.4 Å². The van der Waals surface area contributed by atoms with Gasteiger partial charge in [0.2, 0.25) is 0 Å². The summed E-state index contributed by atoms with van der Waals surface area (Å²) in [5.74, 6) is -0.468. The summed E-state index contributed by atoms with van der Waals surface area (Å²) in [6.07, 6.45) is -9.36. The summed E-state index contributed by atoms with van der Waals surface area (Å²) in [4.78, 5) is 6.88. The SMILES string of the molecule is FC(F)(F)c1cnc(N2CCN(c3cccc(Br)c3)CC2)c(C(F)(F)F)c1. The summed E-state index contributed by atoms with van der Waals surface area (Å²) in [5.41, 5.74) is -1.86. The summed E-state index contributed by atoms with van der Waals surface area (Å²) in [6.45, 7) is 1.29. The average molecular weight is 454 g/mol. The van der Waals surface area contributed by atoms with E-state index in [1.54, 1.807) is 0 Å². The molecule has 0 amide bonds. The van der Waals surface area contributed by atoms with Gasteiger partial charge in [-0.2, -0.15) is 26.3 Å². The number of nitrogens with zero attached hydrogens (tertiary/aromatic N) is 3. The molecule has 1 aromatic carbocycles. The molecule has 0 saturated carbocycles. The minimum Gasteiger partial charge on any atom is -0.368 e. The van der Waals surface area contributed by atoms with E-state index in [1.165, 1.54) is 4.90 Å². The number of alkyl halides is 6. The van der Waals surface area contributed by atoms with Gasteiger partial charge >= 0.3 is 12.4 Å². The highest BCUT2D eigenvalue weighted by Crippen LogP contribution is 2.39. The Bertz CT molecular complexity index is 813. The Kier molecular flexibility index (Phi) is 5.29. The Morgan fingerprint density at radius 1 is 0.852 bits per heavy atom. The van der Waals surface area contributed by atoms with Crippen molar-refractivity contribution >= 4 is 27.4 Å². The smallest absolute Gasteiger partial charge is 0.368 e. The second kappa shape index (κ2) is 7.21. The molecule has 0 spiro atoms. The molecule has 2 heterocycles. The fourth-order valence-electron chi connectivity index (χ4n) is 2.92. The van der Waals surface area contributed by atoms with Crippen molar-refractivity contribution in [2.75, 3.05) is 36.0 Å². The lowest BCUT2D eigenvalue weighted by atomic mass is 10.1. The number of halogens is 7. The number of benzene rings is 1. The Morgan fingerprint density at radius 3 is 2.04 bits per heavy atom. The van der Waals surface area contributed by atoms with Gasteiger partial charge in [0.1, 0.15) is 5.82 Å². The van der Waals surface area contributed by atoms with Crippen molar-refractivity contribution < 1.29 is 26.3 Å². The van der Waals surface area contributed by atoms with Crippen LogP contribution < -0.4 is 9.80 Å². The maximum absolute atomic E-state index is 13.3. The third-order valence-corrected chi connectivity index (χ3v) is 4.75. The number of rotatable bonds is 2. The quantitative estimate of drug-likeness (QED) is 0.582. The molecule has 1 aromatic heterocycles. The first-order valence-electron chi connectivity index (χ1n) is 7.95. The fourth-order valence-corrected chi connectivity index (χ4v) is 3.31. The van der Waals surface area contributed by atoms with E-state index in [-0.39, 0.29) is 19.2 Å². The molecule has 0 radical (unpaired) electrons. The van der Waals surface area contributed by atoms with Gasteiger partial charge in [-0.25, -0.2) is 4.98 Å². The summed E-state index contributed by atoms with van der Waals surface area (Å²) in [6, 6.07) is 7.63. The predicted octanol–water partition coefficient (Wildman–Crippen LogP) is 5.21. The summed E-state index contributed by atoms with van der Waals surface area (Å²) in [7, 11) is 0. The van der Waals surface area contributed by atoms with E-state index in [4.69, 9.17) is 0 Å². The first-order chi connectivity index (χ1) is 12.6. The number of hydrogen-bond donors (Lipinski definition) is 0. The highest BCUT2D eigenvalue weighted by Gasteiger charge is 2.40. The van der Waals surface area contributed by atoms with Gasteiger partial charge in [-0.1, -0.05) is 22.0 Å². The Hall–Kier alpha value is -1.97. The average Bonchev–Trinajstić information content (AvgIpc) is 2.60. The number of pyridine rings is 1. The van der Waals surface area contributed by atoms with Crippen LogP contribution in [0, 0.1) is 0 Å². The predicted molar refractivity (Wildman–Crippen MR) is 92.8 cm³/mol. The first kappa shape index (κ1) is 19.8. The maximum Gasteiger partial charge on any atom is 0.419 e. The first-order valence-corrected chi connectivity index (χ1v) is 8.75. The van der Waals surface area contributed by atoms with Gasteiger partial charge < -0.3 is 9.80 Å². The number of piperazine rings is 1. The van der Waals surface area contributed by atoms with Crippen LogP contribution >= 0.6 is 15.9 Å². The van der Waals surface area contributed by atoms with Crippen LogP contribution in [0.1, 0.15) is 11.1 Å². The lowest BCUT2D eigenvalue weighted by Crippen LogP contribution is -2.47. The molecule has 1 saturated heterocycles. The molecule has 146 valence electrons. The van der Waals surface area contributed by atoms with Crippen LogP contribution in [0.15, 0.2) is 41.0 Å². The minimum atomic E-state index is -4.93. The number of anilines is 2. The molecule has 10 heteroatoms. The van der Waals surface area contributed by atoms with Crippen molar-refractivity contribution in [3.63, 3.8) is 0 Å². The molecule has 2 aromatic rings. The molecule has 0 N–H and O–H groups in total. The minimum absolute atomic E-state index is 0.128. The highest BCUT2D eigenvalue weighted by molar-refractivity contribution is 9.10. The van der Waals surface area contributed by atoms with Crippen molar-refractivity contribution in [3.05, 3.63) is 52.1 Å². The van der Waals surface area contributed by atoms with E-state index in [1.807, 2.05) is 29.2 Å². The summed E-state index contributed by atoms with van der Waals surface area (Å²) in [5, 5.41) is 0. The normalized spacial score (nSPS) is 16.0. The molecule has 1 fully saturated rings. The van der Waals surface area contributed by atoms with Crippen LogP contribution in [0.25, 0.3) is 0 Å². The number of hydrogen-bond acceptors (Lipinski definition) is 3. The van der Waals surface area contributed by atoms with Crippen LogP contribution in [0.4, 0.5) is 37.8 Å². The maximum atomic E-state index is 13.3. The van der Waals surface area contributed by atoms with Crippen LogP contribution in [0.3, 0.4) is 0 Å². The van der Waals surface area contributed by atoms with Crippen molar-refractivity contribution in [2.45, 2.75) is 12.4 Å². The molecule has 1 aliphatic heterocycles. The van der Waals surface area contributed by atoms with E-state index in [0.29, 0.717) is 19.3 Å². The molecule has 1 aliphatic rings. The second-order valence-corrected chi connectivity index (χ2v) is 6.96. The van der Waals surface area contributed by atoms with Crippen LogP contribution in [0.2, 0.25) is 0 Å². The molecule has 27 heavy (non-hydrogen) atoms. The van der Waals surface area contributed by atoms with E-state index >= 15 is 0 Å². The van der Waals surface area contributed by atoms with Gasteiger partial charge in [-0.15, -0.1) is 0 Å². The fraction of sp³-hybridized carbons (Fsp3) is 0.353. The lowest BCUT2D eigenvalue weighted by Gasteiger charge is -2.37. The van der Waals surface area contributed by atoms with E-state index in [0.717, 1.165) is 10.2 Å². The van der Waals surface area contributed by atoms with Gasteiger partial charge in [0.05, 0.1) is 11.1 Å². The summed E-state index contributed by atoms with van der Waals surface area (Å²) < 4.78 is 79.1. The van der Waals surface area contributed by atoms with Crippen molar-refractivity contribution in [3.8, 4) is 0 Å². The van der Waals surface area contributed by atoms with E-state index < -0.39 is 29.3 Å². The van der Waals surface area contributed by atoms with E-state index in [9.17, 15) is 26.3 Å². The van der Waals surface area contributed by atoms with Gasteiger partial charge in [0.15, 0.2) is 0 Å². The van der Waals surface area contributed by atoms with Gasteiger partial charge in [-0.3, -0.25) is 0 Å². The Labute approximate surface area is 159 Å². The monoisotopic (exact) mass is 453 g/mol. The molecular weight excluding hydrogens is 440 g/mol. The number of aromatic nitrogens is 1. The Balaban J connectivity index is 1.83. The summed E-state index contributed by atoms with van der Waals surface area (Å²) >= 11 is 3.37. The van der Waals surface area contributed by atoms with Crippen LogP contribution in [0.5, 0.6) is 0 Å². The van der Waals surface area contributed by atoms with Crippen LogP contribution in [-0.4, -0.2) is 31.2 Å². The zero-order valence-corrected chi connectivity index (χ0v) is 15.4. The van der Waals surface area contributed by atoms with E-state index in [2.05, 4.69) is 20.9 Å². The zero-order chi connectivity index (χ0) is 19.8. The molecule has 3 nitrogen and oxygen atoms in total. The molecular formula is C17H14BrF6N3. The van der Waals surface area contributed by atoms with Gasteiger partial charge in [0, 0.05) is 42.5 Å². The third-order valence-electron chi connectivity index (χ3n) is 4.25. The van der Waals surface area contributed by atoms with Gasteiger partial charge in [0.25, 0.3) is 0 Å². The standard InChI is InChI=1S/C17H14BrF6N3/c18-12-2-1-3-13(9-12)26-4-6-27(7-5-26)15-14(17(22,23)24)8-11(10-25-15)16(19,20)21/h1-3,8-10H,4-7H2. The Morgan fingerprint density at radius 2 is 1.48 bits per heavy atom. The molecule has 0 unspecified atom stereocenters. The van der Waals surface area contributed by atoms with Crippen molar-refractivity contribution in [2.24, 2.45) is 0 Å². The second-order valence-electron chi connectivity index (χ2n) is 6.04. The lowest BCUT2D eigenvalue weighted by molar-refractivity contribution is -0.143.